The molecule has 2 aliphatic rings. The third-order valence-corrected chi connectivity index (χ3v) is 4.38. The van der Waals surface area contributed by atoms with Gasteiger partial charge in [0.1, 0.15) is 12.1 Å². The Morgan fingerprint density at radius 3 is 2.83 bits per heavy atom. The lowest BCUT2D eigenvalue weighted by atomic mass is 9.91. The fraction of sp³-hybridized carbons (Fsp3) is 0.714. The molecule has 0 radical (unpaired) electrons. The minimum Gasteiger partial charge on any atom is -0.391 e. The van der Waals surface area contributed by atoms with E-state index in [0.29, 0.717) is 0 Å². The smallest absolute Gasteiger partial charge is 0.135 e. The molecule has 1 heterocycles. The van der Waals surface area contributed by atoms with E-state index in [1.165, 1.54) is 24.1 Å². The normalized spacial score (nSPS) is 27.0. The van der Waals surface area contributed by atoms with Gasteiger partial charge in [0, 0.05) is 18.3 Å². The number of likely N-dealkylation sites (N-methyl/N-ethyl adjacent to an activating group) is 1. The second kappa shape index (κ2) is 4.84. The van der Waals surface area contributed by atoms with Gasteiger partial charge in [0.2, 0.25) is 0 Å². The van der Waals surface area contributed by atoms with Crippen LogP contribution in [-0.4, -0.2) is 34.3 Å². The Labute approximate surface area is 108 Å². The Morgan fingerprint density at radius 2 is 2.00 bits per heavy atom. The number of aliphatic hydroxyl groups is 1. The quantitative estimate of drug-likeness (QED) is 0.864. The molecule has 0 amide bonds. The van der Waals surface area contributed by atoms with Crippen LogP contribution in [0.3, 0.4) is 0 Å². The zero-order chi connectivity index (χ0) is 12.5. The maximum absolute atomic E-state index is 10.2. The molecule has 0 saturated heterocycles. The van der Waals surface area contributed by atoms with Crippen LogP contribution in [0, 0.1) is 0 Å². The summed E-state index contributed by atoms with van der Waals surface area (Å²) in [6.07, 6.45) is 9.14. The van der Waals surface area contributed by atoms with E-state index in [1.54, 1.807) is 6.33 Å². The van der Waals surface area contributed by atoms with Gasteiger partial charge >= 0.3 is 0 Å². The van der Waals surface area contributed by atoms with E-state index >= 15 is 0 Å². The average molecular weight is 247 g/mol. The van der Waals surface area contributed by atoms with Gasteiger partial charge in [-0.05, 0) is 32.1 Å². The van der Waals surface area contributed by atoms with Gasteiger partial charge in [0.05, 0.1) is 12.1 Å². The van der Waals surface area contributed by atoms with E-state index in [1.807, 2.05) is 0 Å². The minimum atomic E-state index is -0.212. The first kappa shape index (κ1) is 11.9. The second-order valence-electron chi connectivity index (χ2n) is 5.51. The van der Waals surface area contributed by atoms with E-state index in [9.17, 15) is 5.11 Å². The van der Waals surface area contributed by atoms with Crippen LogP contribution in [0.25, 0.3) is 0 Å². The van der Waals surface area contributed by atoms with E-state index in [4.69, 9.17) is 0 Å². The highest BCUT2D eigenvalue weighted by molar-refractivity contribution is 5.50. The molecule has 4 nitrogen and oxygen atoms in total. The third-order valence-electron chi connectivity index (χ3n) is 4.38. The van der Waals surface area contributed by atoms with Crippen LogP contribution in [0.2, 0.25) is 0 Å². The van der Waals surface area contributed by atoms with Crippen molar-refractivity contribution in [3.05, 3.63) is 17.6 Å². The number of aromatic nitrogens is 2. The van der Waals surface area contributed by atoms with Gasteiger partial charge in [-0.15, -0.1) is 0 Å². The predicted octanol–water partition coefficient (Wildman–Crippen LogP) is 1.71. The highest BCUT2D eigenvalue weighted by Gasteiger charge is 2.29. The number of nitrogens with zero attached hydrogens (tertiary/aromatic N) is 3. The second-order valence-corrected chi connectivity index (χ2v) is 5.51. The molecule has 2 unspecified atom stereocenters. The number of rotatable bonds is 2. The van der Waals surface area contributed by atoms with Gasteiger partial charge in [-0.3, -0.25) is 0 Å². The van der Waals surface area contributed by atoms with Gasteiger partial charge in [0.25, 0.3) is 0 Å². The molecule has 0 aliphatic heterocycles. The summed E-state index contributed by atoms with van der Waals surface area (Å²) in [6.45, 7) is 0. The molecule has 4 heteroatoms. The Kier molecular flexibility index (Phi) is 3.20. The molecule has 0 aromatic carbocycles. The Bertz CT molecular complexity index is 435. The Balaban J connectivity index is 1.88. The first-order valence-electron chi connectivity index (χ1n) is 7.01. The summed E-state index contributed by atoms with van der Waals surface area (Å²) in [5, 5.41) is 10.2. The number of aryl methyl sites for hydroxylation is 1. The van der Waals surface area contributed by atoms with Crippen molar-refractivity contribution in [3.63, 3.8) is 0 Å². The Hall–Kier alpha value is -1.16. The van der Waals surface area contributed by atoms with Crippen LogP contribution in [-0.2, 0) is 12.8 Å². The van der Waals surface area contributed by atoms with E-state index < -0.39 is 0 Å². The molecule has 2 aliphatic carbocycles. The molecule has 3 rings (SSSR count). The van der Waals surface area contributed by atoms with Gasteiger partial charge < -0.3 is 10.0 Å². The molecule has 2 atom stereocenters. The summed E-state index contributed by atoms with van der Waals surface area (Å²) in [5.74, 6) is 1.04. The molecule has 0 bridgehead atoms. The number of aliphatic hydroxyl groups excluding tert-OH is 1. The van der Waals surface area contributed by atoms with Crippen molar-refractivity contribution in [2.24, 2.45) is 0 Å². The predicted molar refractivity (Wildman–Crippen MR) is 70.7 cm³/mol. The van der Waals surface area contributed by atoms with Crippen molar-refractivity contribution in [2.45, 2.75) is 57.1 Å². The highest BCUT2D eigenvalue weighted by atomic mass is 16.3. The largest absolute Gasteiger partial charge is 0.391 e. The summed E-state index contributed by atoms with van der Waals surface area (Å²) < 4.78 is 0. The SMILES string of the molecule is CN(c1ncnc2c1CCC2)C1CCCCC1O. The zero-order valence-corrected chi connectivity index (χ0v) is 11.0. The topological polar surface area (TPSA) is 49.2 Å². The summed E-state index contributed by atoms with van der Waals surface area (Å²) >= 11 is 0. The first-order valence-corrected chi connectivity index (χ1v) is 7.01. The summed E-state index contributed by atoms with van der Waals surface area (Å²) in [6, 6.07) is 0.221. The lowest BCUT2D eigenvalue weighted by molar-refractivity contribution is 0.106. The van der Waals surface area contributed by atoms with Crippen molar-refractivity contribution >= 4 is 5.82 Å². The van der Waals surface area contributed by atoms with Crippen molar-refractivity contribution in [2.75, 3.05) is 11.9 Å². The monoisotopic (exact) mass is 247 g/mol. The van der Waals surface area contributed by atoms with Gasteiger partial charge in [-0.2, -0.15) is 0 Å². The number of hydrogen-bond donors (Lipinski definition) is 1. The maximum Gasteiger partial charge on any atom is 0.135 e. The van der Waals surface area contributed by atoms with Crippen molar-refractivity contribution < 1.29 is 5.11 Å². The van der Waals surface area contributed by atoms with Crippen LogP contribution < -0.4 is 4.90 Å². The van der Waals surface area contributed by atoms with Gasteiger partial charge in [0.15, 0.2) is 0 Å². The van der Waals surface area contributed by atoms with E-state index in [0.717, 1.165) is 37.9 Å². The fourth-order valence-corrected chi connectivity index (χ4v) is 3.35. The van der Waals surface area contributed by atoms with Gasteiger partial charge in [-0.25, -0.2) is 9.97 Å². The molecule has 18 heavy (non-hydrogen) atoms. The minimum absolute atomic E-state index is 0.212. The first-order chi connectivity index (χ1) is 8.77. The standard InChI is InChI=1S/C14H21N3O/c1-17(12-7-2-3-8-13(12)18)14-10-5-4-6-11(10)15-9-16-14/h9,12-13,18H,2-8H2,1H3. The molecular formula is C14H21N3O. The van der Waals surface area contributed by atoms with Crippen LogP contribution in [0.4, 0.5) is 5.82 Å². The van der Waals surface area contributed by atoms with Crippen LogP contribution in [0.1, 0.15) is 43.4 Å². The van der Waals surface area contributed by atoms with Crippen molar-refractivity contribution in [1.29, 1.82) is 0 Å². The maximum atomic E-state index is 10.2. The van der Waals surface area contributed by atoms with Crippen LogP contribution in [0.15, 0.2) is 6.33 Å². The molecule has 1 fully saturated rings. The molecule has 1 saturated carbocycles. The molecule has 1 aromatic rings. The highest BCUT2D eigenvalue weighted by Crippen LogP contribution is 2.31. The summed E-state index contributed by atoms with van der Waals surface area (Å²) in [7, 11) is 2.07. The molecule has 0 spiro atoms. The molecule has 1 N–H and O–H groups in total. The van der Waals surface area contributed by atoms with Crippen molar-refractivity contribution in [1.82, 2.24) is 9.97 Å². The Morgan fingerprint density at radius 1 is 1.17 bits per heavy atom. The molecule has 98 valence electrons. The van der Waals surface area contributed by atoms with Crippen molar-refractivity contribution in [3.8, 4) is 0 Å². The van der Waals surface area contributed by atoms with Crippen LogP contribution in [0.5, 0.6) is 0 Å². The molecular weight excluding hydrogens is 226 g/mol. The van der Waals surface area contributed by atoms with Crippen LogP contribution >= 0.6 is 0 Å². The number of anilines is 1. The number of fused-ring (bicyclic) bond motifs is 1. The third kappa shape index (κ3) is 1.99. The zero-order valence-electron chi connectivity index (χ0n) is 11.0. The summed E-state index contributed by atoms with van der Waals surface area (Å²) in [5.41, 5.74) is 2.51. The fourth-order valence-electron chi connectivity index (χ4n) is 3.35. The van der Waals surface area contributed by atoms with E-state index in [-0.39, 0.29) is 12.1 Å². The summed E-state index contributed by atoms with van der Waals surface area (Å²) in [4.78, 5) is 11.0. The number of hydrogen-bond acceptors (Lipinski definition) is 4. The molecule has 1 aromatic heterocycles. The van der Waals surface area contributed by atoms with Gasteiger partial charge in [-0.1, -0.05) is 12.8 Å². The lowest BCUT2D eigenvalue weighted by Crippen LogP contribution is -2.44. The average Bonchev–Trinajstić information content (AvgIpc) is 2.86. The lowest BCUT2D eigenvalue weighted by Gasteiger charge is -2.36. The van der Waals surface area contributed by atoms with E-state index in [2.05, 4.69) is 21.9 Å².